The summed E-state index contributed by atoms with van der Waals surface area (Å²) in [4.78, 5) is 13.3. The minimum atomic E-state index is -0.478. The number of rotatable bonds is 3. The first kappa shape index (κ1) is 11.4. The van der Waals surface area contributed by atoms with Gasteiger partial charge >= 0.3 is 0 Å². The lowest BCUT2D eigenvalue weighted by Gasteiger charge is -2.04. The minimum absolute atomic E-state index is 0.119. The van der Waals surface area contributed by atoms with Crippen LogP contribution in [0.3, 0.4) is 0 Å². The molecule has 1 aromatic carbocycles. The van der Waals surface area contributed by atoms with Gasteiger partial charge in [0.15, 0.2) is 5.78 Å². The number of aryl methyl sites for hydroxylation is 1. The summed E-state index contributed by atoms with van der Waals surface area (Å²) >= 11 is 0. The maximum Gasteiger partial charge on any atom is 0.190 e. The van der Waals surface area contributed by atoms with Crippen LogP contribution in [0, 0.1) is 12.7 Å². The summed E-state index contributed by atoms with van der Waals surface area (Å²) in [5.41, 5.74) is 0.992. The fraction of sp³-hybridized carbons (Fsp3) is 0.250. The Morgan fingerprint density at radius 1 is 1.40 bits per heavy atom. The lowest BCUT2D eigenvalue weighted by molar-refractivity contribution is 0.104. The molecule has 0 bridgehead atoms. The smallest absolute Gasteiger partial charge is 0.190 e. The maximum absolute atomic E-state index is 13.3. The zero-order valence-electron chi connectivity index (χ0n) is 9.12. The second-order valence-electron chi connectivity index (χ2n) is 3.63. The van der Waals surface area contributed by atoms with E-state index in [-0.39, 0.29) is 11.3 Å². The van der Waals surface area contributed by atoms with Gasteiger partial charge < -0.3 is 4.90 Å². The molecular formula is C12H14FNO. The monoisotopic (exact) mass is 207 g/mol. The third-order valence-electron chi connectivity index (χ3n) is 1.91. The molecule has 0 aliphatic carbocycles. The van der Waals surface area contributed by atoms with Gasteiger partial charge in [0.1, 0.15) is 5.82 Å². The number of carbonyl (C=O) groups excluding carboxylic acids is 1. The minimum Gasteiger partial charge on any atom is -0.383 e. The molecule has 1 aromatic rings. The molecule has 0 aliphatic rings. The highest BCUT2D eigenvalue weighted by molar-refractivity contribution is 6.04. The van der Waals surface area contributed by atoms with Gasteiger partial charge in [-0.2, -0.15) is 0 Å². The van der Waals surface area contributed by atoms with Gasteiger partial charge in [-0.3, -0.25) is 4.79 Å². The molecule has 2 nitrogen and oxygen atoms in total. The maximum atomic E-state index is 13.3. The molecule has 0 saturated carbocycles. The zero-order valence-corrected chi connectivity index (χ0v) is 9.12. The van der Waals surface area contributed by atoms with Crippen LogP contribution in [0.25, 0.3) is 0 Å². The largest absolute Gasteiger partial charge is 0.383 e. The Labute approximate surface area is 89.0 Å². The molecule has 0 radical (unpaired) electrons. The molecule has 15 heavy (non-hydrogen) atoms. The normalized spacial score (nSPS) is 10.7. The number of benzene rings is 1. The number of halogens is 1. The van der Waals surface area contributed by atoms with E-state index in [0.29, 0.717) is 0 Å². The molecule has 0 fully saturated rings. The second-order valence-corrected chi connectivity index (χ2v) is 3.63. The van der Waals surface area contributed by atoms with Gasteiger partial charge in [-0.25, -0.2) is 4.39 Å². The van der Waals surface area contributed by atoms with E-state index in [4.69, 9.17) is 0 Å². The number of ketones is 1. The molecular weight excluding hydrogens is 193 g/mol. The van der Waals surface area contributed by atoms with E-state index >= 15 is 0 Å². The Morgan fingerprint density at radius 3 is 2.67 bits per heavy atom. The molecule has 1 rings (SSSR count). The molecule has 0 aromatic heterocycles. The van der Waals surface area contributed by atoms with Gasteiger partial charge in [-0.15, -0.1) is 0 Å². The first-order valence-corrected chi connectivity index (χ1v) is 4.66. The fourth-order valence-electron chi connectivity index (χ4n) is 1.13. The van der Waals surface area contributed by atoms with E-state index in [1.807, 2.05) is 6.92 Å². The Balaban J connectivity index is 2.96. The number of hydrogen-bond acceptors (Lipinski definition) is 2. The van der Waals surface area contributed by atoms with Crippen LogP contribution in [-0.4, -0.2) is 24.8 Å². The molecule has 0 heterocycles. The van der Waals surface area contributed by atoms with Crippen LogP contribution in [0.1, 0.15) is 15.9 Å². The molecule has 0 atom stereocenters. The van der Waals surface area contributed by atoms with Gasteiger partial charge in [0.25, 0.3) is 0 Å². The Bertz CT molecular complexity index is 397. The topological polar surface area (TPSA) is 20.3 Å². The van der Waals surface area contributed by atoms with Crippen LogP contribution in [-0.2, 0) is 0 Å². The highest BCUT2D eigenvalue weighted by Gasteiger charge is 2.08. The lowest BCUT2D eigenvalue weighted by Crippen LogP contribution is -2.04. The van der Waals surface area contributed by atoms with Gasteiger partial charge in [0.05, 0.1) is 5.56 Å². The molecule has 3 heteroatoms. The standard InChI is InChI=1S/C12H14FNO/c1-9-4-5-11(13)10(8-9)12(15)6-7-14(2)3/h4-8H,1-3H3/b7-6+. The molecule has 80 valence electrons. The molecule has 0 aliphatic heterocycles. The summed E-state index contributed by atoms with van der Waals surface area (Å²) in [7, 11) is 3.60. The predicted octanol–water partition coefficient (Wildman–Crippen LogP) is 2.39. The van der Waals surface area contributed by atoms with Crippen LogP contribution in [0.15, 0.2) is 30.5 Å². The molecule has 0 unspecified atom stereocenters. The second kappa shape index (κ2) is 4.73. The first-order valence-electron chi connectivity index (χ1n) is 4.66. The molecule has 0 saturated heterocycles. The van der Waals surface area contributed by atoms with Crippen molar-refractivity contribution in [3.05, 3.63) is 47.4 Å². The number of hydrogen-bond donors (Lipinski definition) is 0. The highest BCUT2D eigenvalue weighted by Crippen LogP contribution is 2.11. The average Bonchev–Trinajstić information content (AvgIpc) is 2.18. The summed E-state index contributed by atoms with van der Waals surface area (Å²) in [6.07, 6.45) is 2.96. The third-order valence-corrected chi connectivity index (χ3v) is 1.91. The van der Waals surface area contributed by atoms with E-state index in [1.54, 1.807) is 37.3 Å². The summed E-state index contributed by atoms with van der Waals surface area (Å²) < 4.78 is 13.3. The van der Waals surface area contributed by atoms with Crippen LogP contribution in [0.4, 0.5) is 4.39 Å². The lowest BCUT2D eigenvalue weighted by atomic mass is 10.1. The van der Waals surface area contributed by atoms with Crippen molar-refractivity contribution in [2.75, 3.05) is 14.1 Å². The van der Waals surface area contributed by atoms with E-state index in [2.05, 4.69) is 0 Å². The van der Waals surface area contributed by atoms with Crippen molar-refractivity contribution in [2.24, 2.45) is 0 Å². The van der Waals surface area contributed by atoms with Crippen LogP contribution in [0.2, 0.25) is 0 Å². The Kier molecular flexibility index (Phi) is 3.61. The summed E-state index contributed by atoms with van der Waals surface area (Å²) in [6, 6.07) is 4.51. The van der Waals surface area contributed by atoms with Crippen molar-refractivity contribution in [3.8, 4) is 0 Å². The van der Waals surface area contributed by atoms with Gasteiger partial charge in [-0.1, -0.05) is 11.6 Å². The SMILES string of the molecule is Cc1ccc(F)c(C(=O)/C=C/N(C)C)c1. The van der Waals surface area contributed by atoms with E-state index in [0.717, 1.165) is 5.56 Å². The highest BCUT2D eigenvalue weighted by atomic mass is 19.1. The van der Waals surface area contributed by atoms with E-state index in [1.165, 1.54) is 12.1 Å². The van der Waals surface area contributed by atoms with Crippen molar-refractivity contribution in [1.29, 1.82) is 0 Å². The molecule has 0 N–H and O–H groups in total. The third kappa shape index (κ3) is 3.20. The van der Waals surface area contributed by atoms with Crippen molar-refractivity contribution in [1.82, 2.24) is 4.90 Å². The van der Waals surface area contributed by atoms with Crippen LogP contribution >= 0.6 is 0 Å². The zero-order chi connectivity index (χ0) is 11.4. The Hall–Kier alpha value is -1.64. The van der Waals surface area contributed by atoms with Gasteiger partial charge in [0.2, 0.25) is 0 Å². The average molecular weight is 207 g/mol. The summed E-state index contributed by atoms with van der Waals surface area (Å²) in [5, 5.41) is 0. The summed E-state index contributed by atoms with van der Waals surface area (Å²) in [5.74, 6) is -0.793. The quantitative estimate of drug-likeness (QED) is 0.560. The van der Waals surface area contributed by atoms with Crippen molar-refractivity contribution >= 4 is 5.78 Å². The number of allylic oxidation sites excluding steroid dienone is 1. The van der Waals surface area contributed by atoms with E-state index in [9.17, 15) is 9.18 Å². The summed E-state index contributed by atoms with van der Waals surface area (Å²) in [6.45, 7) is 1.83. The number of nitrogens with zero attached hydrogens (tertiary/aromatic N) is 1. The van der Waals surface area contributed by atoms with Gasteiger partial charge in [-0.05, 0) is 19.1 Å². The van der Waals surface area contributed by atoms with Crippen molar-refractivity contribution < 1.29 is 9.18 Å². The van der Waals surface area contributed by atoms with Crippen LogP contribution < -0.4 is 0 Å². The van der Waals surface area contributed by atoms with Crippen molar-refractivity contribution in [2.45, 2.75) is 6.92 Å². The predicted molar refractivity (Wildman–Crippen MR) is 58.3 cm³/mol. The van der Waals surface area contributed by atoms with Crippen LogP contribution in [0.5, 0.6) is 0 Å². The Morgan fingerprint density at radius 2 is 2.07 bits per heavy atom. The van der Waals surface area contributed by atoms with Crippen molar-refractivity contribution in [3.63, 3.8) is 0 Å². The molecule has 0 spiro atoms. The van der Waals surface area contributed by atoms with Gasteiger partial charge in [0, 0.05) is 26.4 Å². The molecule has 0 amide bonds. The fourth-order valence-corrected chi connectivity index (χ4v) is 1.13. The first-order chi connectivity index (χ1) is 7.00. The van der Waals surface area contributed by atoms with E-state index < -0.39 is 5.82 Å². The number of carbonyl (C=O) groups is 1.